The molecule has 1 aliphatic heterocycles. The topological polar surface area (TPSA) is 72.3 Å². The van der Waals surface area contributed by atoms with Gasteiger partial charge in [0.1, 0.15) is 17.9 Å². The Kier molecular flexibility index (Phi) is 7.33. The van der Waals surface area contributed by atoms with Crippen LogP contribution >= 0.6 is 0 Å². The Labute approximate surface area is 169 Å². The molecule has 0 radical (unpaired) electrons. The number of methoxy groups -OCH3 is 2. The molecule has 156 valence electrons. The third-order valence-corrected chi connectivity index (χ3v) is 6.02. The molecule has 1 N–H and O–H groups in total. The van der Waals surface area contributed by atoms with E-state index < -0.39 is 33.6 Å². The standard InChI is InChI=1S/C20H30FN3O3S/c1-12(2)15-18(26-6)23-17(19(22-15)27-7)16(24-28(25)20(3,4)5)13-10-8-9-11-14(13)21/h8-12,15-17,24H,1-7H3/t15-,16+,17+,28+/m0/s1. The molecule has 0 fully saturated rings. The van der Waals surface area contributed by atoms with Gasteiger partial charge in [-0.25, -0.2) is 23.3 Å². The van der Waals surface area contributed by atoms with Gasteiger partial charge in [-0.1, -0.05) is 32.0 Å². The first kappa shape index (κ1) is 22.5. The van der Waals surface area contributed by atoms with E-state index in [2.05, 4.69) is 14.7 Å². The van der Waals surface area contributed by atoms with E-state index in [4.69, 9.17) is 9.47 Å². The number of ether oxygens (including phenoxy) is 2. The second-order valence-corrected chi connectivity index (χ2v) is 9.97. The lowest BCUT2D eigenvalue weighted by atomic mass is 9.96. The molecule has 1 aromatic rings. The van der Waals surface area contributed by atoms with Crippen molar-refractivity contribution in [3.05, 3.63) is 35.6 Å². The summed E-state index contributed by atoms with van der Waals surface area (Å²) in [7, 11) is 1.59. The summed E-state index contributed by atoms with van der Waals surface area (Å²) in [4.78, 5) is 9.34. The van der Waals surface area contributed by atoms with Crippen molar-refractivity contribution in [2.24, 2.45) is 15.9 Å². The van der Waals surface area contributed by atoms with Crippen molar-refractivity contribution in [1.82, 2.24) is 4.72 Å². The Morgan fingerprint density at radius 1 is 1.07 bits per heavy atom. The number of aliphatic imine (C=N–C) groups is 2. The van der Waals surface area contributed by atoms with Gasteiger partial charge in [0, 0.05) is 5.56 Å². The minimum Gasteiger partial charge on any atom is -0.483 e. The van der Waals surface area contributed by atoms with Crippen molar-refractivity contribution in [2.45, 2.75) is 57.5 Å². The van der Waals surface area contributed by atoms with Crippen LogP contribution in [0, 0.1) is 11.7 Å². The fourth-order valence-electron chi connectivity index (χ4n) is 2.85. The fourth-order valence-corrected chi connectivity index (χ4v) is 3.69. The lowest BCUT2D eigenvalue weighted by molar-refractivity contribution is 0.323. The van der Waals surface area contributed by atoms with Crippen LogP contribution in [0.1, 0.15) is 46.2 Å². The Bertz CT molecular complexity index is 774. The molecule has 0 aliphatic carbocycles. The Balaban J connectivity index is 2.55. The summed E-state index contributed by atoms with van der Waals surface area (Å²) in [6.07, 6.45) is 0. The maximum absolute atomic E-state index is 14.7. The number of hydrogen-bond acceptors (Lipinski definition) is 5. The highest BCUT2D eigenvalue weighted by Gasteiger charge is 2.39. The SMILES string of the molecule is COC1=N[C@H]([C@H](N[S@](=O)C(C)(C)C)c2ccccc2F)C(OC)=N[C@H]1C(C)C. The molecule has 6 nitrogen and oxygen atoms in total. The molecule has 0 saturated heterocycles. The summed E-state index contributed by atoms with van der Waals surface area (Å²) in [6, 6.07) is 4.63. The van der Waals surface area contributed by atoms with Crippen molar-refractivity contribution in [1.29, 1.82) is 0 Å². The van der Waals surface area contributed by atoms with E-state index in [0.29, 0.717) is 17.4 Å². The predicted molar refractivity (Wildman–Crippen MR) is 111 cm³/mol. The number of nitrogens with one attached hydrogen (secondary N) is 1. The second-order valence-electron chi connectivity index (χ2n) is 7.97. The van der Waals surface area contributed by atoms with E-state index in [9.17, 15) is 8.60 Å². The monoisotopic (exact) mass is 411 g/mol. The fraction of sp³-hybridized carbons (Fsp3) is 0.600. The van der Waals surface area contributed by atoms with Gasteiger partial charge in [-0.05, 0) is 32.8 Å². The second kappa shape index (κ2) is 9.13. The molecule has 0 aromatic heterocycles. The Morgan fingerprint density at radius 3 is 2.11 bits per heavy atom. The molecule has 1 aliphatic rings. The average Bonchev–Trinajstić information content (AvgIpc) is 2.64. The zero-order chi connectivity index (χ0) is 21.1. The van der Waals surface area contributed by atoms with Crippen molar-refractivity contribution in [2.75, 3.05) is 14.2 Å². The van der Waals surface area contributed by atoms with Crippen LogP contribution in [0.3, 0.4) is 0 Å². The quantitative estimate of drug-likeness (QED) is 0.807. The normalized spacial score (nSPS) is 22.3. The first-order chi connectivity index (χ1) is 13.1. The minimum absolute atomic E-state index is 0.147. The number of nitrogens with zero attached hydrogens (tertiary/aromatic N) is 2. The van der Waals surface area contributed by atoms with Gasteiger partial charge in [-0.3, -0.25) is 0 Å². The summed E-state index contributed by atoms with van der Waals surface area (Å²) in [6.45, 7) is 9.56. The van der Waals surface area contributed by atoms with Crippen molar-refractivity contribution in [3.63, 3.8) is 0 Å². The number of halogens is 1. The van der Waals surface area contributed by atoms with E-state index in [1.807, 2.05) is 34.6 Å². The minimum atomic E-state index is -1.46. The third kappa shape index (κ3) is 4.97. The molecule has 1 heterocycles. The molecule has 0 unspecified atom stereocenters. The Hall–Kier alpha value is -1.80. The van der Waals surface area contributed by atoms with Gasteiger partial charge < -0.3 is 9.47 Å². The highest BCUT2D eigenvalue weighted by molar-refractivity contribution is 7.84. The van der Waals surface area contributed by atoms with E-state index in [1.165, 1.54) is 20.3 Å². The molecule has 0 bridgehead atoms. The van der Waals surface area contributed by atoms with E-state index >= 15 is 0 Å². The molecule has 2 rings (SSSR count). The predicted octanol–water partition coefficient (Wildman–Crippen LogP) is 3.42. The zero-order valence-electron chi connectivity index (χ0n) is 17.5. The van der Waals surface area contributed by atoms with E-state index in [0.717, 1.165) is 0 Å². The molecule has 4 atom stereocenters. The van der Waals surface area contributed by atoms with Crippen LogP contribution in [0.5, 0.6) is 0 Å². The summed E-state index contributed by atoms with van der Waals surface area (Å²) >= 11 is 0. The molecule has 28 heavy (non-hydrogen) atoms. The third-order valence-electron chi connectivity index (χ3n) is 4.43. The maximum Gasteiger partial charge on any atom is 0.211 e. The molecular weight excluding hydrogens is 381 g/mol. The van der Waals surface area contributed by atoms with Gasteiger partial charge in [-0.15, -0.1) is 0 Å². The van der Waals surface area contributed by atoms with Gasteiger partial charge in [0.15, 0.2) is 0 Å². The van der Waals surface area contributed by atoms with Gasteiger partial charge in [0.2, 0.25) is 11.8 Å². The van der Waals surface area contributed by atoms with Crippen LogP contribution in [0.25, 0.3) is 0 Å². The van der Waals surface area contributed by atoms with Gasteiger partial charge >= 0.3 is 0 Å². The average molecular weight is 412 g/mol. The number of hydrogen-bond donors (Lipinski definition) is 1. The molecule has 8 heteroatoms. The lowest BCUT2D eigenvalue weighted by Gasteiger charge is -2.33. The van der Waals surface area contributed by atoms with Crippen LogP contribution < -0.4 is 4.72 Å². The first-order valence-electron chi connectivity index (χ1n) is 9.26. The smallest absolute Gasteiger partial charge is 0.211 e. The highest BCUT2D eigenvalue weighted by Crippen LogP contribution is 2.29. The van der Waals surface area contributed by atoms with E-state index in [1.54, 1.807) is 18.2 Å². The van der Waals surface area contributed by atoms with Crippen molar-refractivity contribution in [3.8, 4) is 0 Å². The lowest BCUT2D eigenvalue weighted by Crippen LogP contribution is -2.46. The summed E-state index contributed by atoms with van der Waals surface area (Å²) in [5.41, 5.74) is 0.344. The highest BCUT2D eigenvalue weighted by atomic mass is 32.2. The number of benzene rings is 1. The first-order valence-corrected chi connectivity index (χ1v) is 10.4. The Morgan fingerprint density at radius 2 is 1.61 bits per heavy atom. The molecule has 1 aromatic carbocycles. The molecule has 0 spiro atoms. The maximum atomic E-state index is 14.7. The largest absolute Gasteiger partial charge is 0.483 e. The zero-order valence-corrected chi connectivity index (χ0v) is 18.3. The van der Waals surface area contributed by atoms with Crippen LogP contribution in [-0.4, -0.2) is 47.1 Å². The van der Waals surface area contributed by atoms with E-state index in [-0.39, 0.29) is 12.0 Å². The van der Waals surface area contributed by atoms with Crippen LogP contribution in [0.15, 0.2) is 34.3 Å². The van der Waals surface area contributed by atoms with Crippen LogP contribution in [-0.2, 0) is 20.5 Å². The van der Waals surface area contributed by atoms with Crippen LogP contribution in [0.4, 0.5) is 4.39 Å². The molecule has 0 amide bonds. The summed E-state index contributed by atoms with van der Waals surface area (Å²) < 4.78 is 41.0. The van der Waals surface area contributed by atoms with Crippen LogP contribution in [0.2, 0.25) is 0 Å². The summed E-state index contributed by atoms with van der Waals surface area (Å²) in [5.74, 6) is 0.534. The van der Waals surface area contributed by atoms with Crippen molar-refractivity contribution >= 4 is 22.8 Å². The molecule has 0 saturated carbocycles. The van der Waals surface area contributed by atoms with Crippen molar-refractivity contribution < 1.29 is 18.1 Å². The number of rotatable bonds is 5. The van der Waals surface area contributed by atoms with Gasteiger partial charge in [0.25, 0.3) is 0 Å². The van der Waals surface area contributed by atoms with Gasteiger partial charge in [-0.2, -0.15) is 0 Å². The molecular formula is C20H30FN3O3S. The van der Waals surface area contributed by atoms with Gasteiger partial charge in [0.05, 0.1) is 36.0 Å². The summed E-state index contributed by atoms with van der Waals surface area (Å²) in [5, 5.41) is 0.